The highest BCUT2D eigenvalue weighted by Crippen LogP contribution is 2.38. The van der Waals surface area contributed by atoms with Gasteiger partial charge in [0.1, 0.15) is 0 Å². The van der Waals surface area contributed by atoms with E-state index >= 15 is 0 Å². The van der Waals surface area contributed by atoms with Crippen molar-refractivity contribution in [2.45, 2.75) is 43.3 Å². The van der Waals surface area contributed by atoms with E-state index in [4.69, 9.17) is 10.1 Å². The van der Waals surface area contributed by atoms with Gasteiger partial charge in [0.15, 0.2) is 0 Å². The fraction of sp³-hybridized carbons (Fsp3) is 0.438. The Balaban J connectivity index is 1.73. The van der Waals surface area contributed by atoms with E-state index in [0.29, 0.717) is 11.2 Å². The molecule has 20 heavy (non-hydrogen) atoms. The largest absolute Gasteiger partial charge is 0.278 e. The van der Waals surface area contributed by atoms with Gasteiger partial charge in [-0.25, -0.2) is 4.98 Å². The zero-order valence-electron chi connectivity index (χ0n) is 11.5. The summed E-state index contributed by atoms with van der Waals surface area (Å²) in [6, 6.07) is 10.6. The van der Waals surface area contributed by atoms with Crippen LogP contribution < -0.4 is 5.14 Å². The molecule has 1 aromatic carbocycles. The molecule has 106 valence electrons. The SMILES string of the molecule is NSC1CCCCC1c1csc(Cc2ccccc2)n1. The third-order valence-electron chi connectivity index (χ3n) is 4.02. The molecule has 1 fully saturated rings. The lowest BCUT2D eigenvalue weighted by Crippen LogP contribution is -2.22. The summed E-state index contributed by atoms with van der Waals surface area (Å²) < 4.78 is 0. The van der Waals surface area contributed by atoms with Crippen LogP contribution in [0, 0.1) is 0 Å². The van der Waals surface area contributed by atoms with E-state index in [1.54, 1.807) is 11.3 Å². The highest BCUT2D eigenvalue weighted by atomic mass is 32.2. The van der Waals surface area contributed by atoms with Crippen LogP contribution in [0.5, 0.6) is 0 Å². The quantitative estimate of drug-likeness (QED) is 0.853. The Bertz CT molecular complexity index is 538. The molecule has 1 saturated carbocycles. The van der Waals surface area contributed by atoms with Crippen molar-refractivity contribution in [1.29, 1.82) is 0 Å². The lowest BCUT2D eigenvalue weighted by atomic mass is 9.87. The summed E-state index contributed by atoms with van der Waals surface area (Å²) in [4.78, 5) is 4.88. The zero-order valence-corrected chi connectivity index (χ0v) is 13.1. The van der Waals surface area contributed by atoms with E-state index in [1.807, 2.05) is 0 Å². The van der Waals surface area contributed by atoms with Gasteiger partial charge in [0.2, 0.25) is 0 Å². The summed E-state index contributed by atoms with van der Waals surface area (Å²) in [7, 11) is 0. The molecule has 0 saturated heterocycles. The Labute approximate surface area is 128 Å². The molecule has 2 aromatic rings. The first kappa shape index (κ1) is 14.1. The number of benzene rings is 1. The number of thiazole rings is 1. The number of aromatic nitrogens is 1. The molecule has 1 aliphatic rings. The smallest absolute Gasteiger partial charge is 0.0972 e. The van der Waals surface area contributed by atoms with Crippen molar-refractivity contribution in [3.8, 4) is 0 Å². The van der Waals surface area contributed by atoms with Crippen LogP contribution in [0.25, 0.3) is 0 Å². The molecule has 0 aliphatic heterocycles. The summed E-state index contributed by atoms with van der Waals surface area (Å²) in [6.45, 7) is 0. The lowest BCUT2D eigenvalue weighted by Gasteiger charge is -2.28. The van der Waals surface area contributed by atoms with Gasteiger partial charge in [-0.2, -0.15) is 0 Å². The van der Waals surface area contributed by atoms with E-state index < -0.39 is 0 Å². The number of hydrogen-bond acceptors (Lipinski definition) is 4. The molecule has 0 radical (unpaired) electrons. The highest BCUT2D eigenvalue weighted by molar-refractivity contribution is 7.97. The van der Waals surface area contributed by atoms with Gasteiger partial charge >= 0.3 is 0 Å². The molecule has 2 unspecified atom stereocenters. The second kappa shape index (κ2) is 6.74. The summed E-state index contributed by atoms with van der Waals surface area (Å²) >= 11 is 3.32. The van der Waals surface area contributed by atoms with Crippen LogP contribution in [0.4, 0.5) is 0 Å². The minimum atomic E-state index is 0.551. The maximum Gasteiger partial charge on any atom is 0.0972 e. The molecule has 0 bridgehead atoms. The standard InChI is InChI=1S/C16H20N2S2/c17-20-15-9-5-4-8-13(15)14-11-19-16(18-14)10-12-6-2-1-3-7-12/h1-3,6-7,11,13,15H,4-5,8-10,17H2. The van der Waals surface area contributed by atoms with Crippen molar-refractivity contribution in [2.75, 3.05) is 0 Å². The number of nitrogens with two attached hydrogens (primary N) is 1. The average molecular weight is 304 g/mol. The van der Waals surface area contributed by atoms with Crippen molar-refractivity contribution in [3.63, 3.8) is 0 Å². The Kier molecular flexibility index (Phi) is 4.76. The fourth-order valence-corrected chi connectivity index (χ4v) is 4.61. The van der Waals surface area contributed by atoms with E-state index in [0.717, 1.165) is 6.42 Å². The molecule has 1 aromatic heterocycles. The molecule has 1 heterocycles. The van der Waals surface area contributed by atoms with Crippen LogP contribution in [-0.4, -0.2) is 10.2 Å². The molecule has 2 atom stereocenters. The predicted molar refractivity (Wildman–Crippen MR) is 88.1 cm³/mol. The first-order chi connectivity index (χ1) is 9.86. The minimum absolute atomic E-state index is 0.551. The zero-order chi connectivity index (χ0) is 13.8. The molecular formula is C16H20N2S2. The van der Waals surface area contributed by atoms with Crippen molar-refractivity contribution in [1.82, 2.24) is 4.98 Å². The normalized spacial score (nSPS) is 22.9. The van der Waals surface area contributed by atoms with E-state index in [9.17, 15) is 0 Å². The van der Waals surface area contributed by atoms with Crippen LogP contribution in [0.3, 0.4) is 0 Å². The van der Waals surface area contributed by atoms with Crippen molar-refractivity contribution in [2.24, 2.45) is 5.14 Å². The fourth-order valence-electron chi connectivity index (χ4n) is 2.95. The second-order valence-electron chi connectivity index (χ2n) is 5.39. The molecule has 0 spiro atoms. The van der Waals surface area contributed by atoms with Crippen LogP contribution >= 0.6 is 23.3 Å². The summed E-state index contributed by atoms with van der Waals surface area (Å²) in [5, 5.41) is 9.87. The Morgan fingerprint density at radius 3 is 2.80 bits per heavy atom. The van der Waals surface area contributed by atoms with Gasteiger partial charge in [-0.3, -0.25) is 5.14 Å². The average Bonchev–Trinajstić information content (AvgIpc) is 2.96. The maximum atomic E-state index is 5.85. The number of rotatable bonds is 4. The van der Waals surface area contributed by atoms with Crippen molar-refractivity contribution >= 4 is 23.3 Å². The first-order valence-electron chi connectivity index (χ1n) is 7.20. The molecular weight excluding hydrogens is 284 g/mol. The van der Waals surface area contributed by atoms with Gasteiger partial charge in [-0.05, 0) is 18.4 Å². The van der Waals surface area contributed by atoms with Gasteiger partial charge in [-0.1, -0.05) is 55.1 Å². The molecule has 2 N–H and O–H groups in total. The third kappa shape index (κ3) is 3.25. The predicted octanol–water partition coefficient (Wildman–Crippen LogP) is 4.37. The molecule has 3 rings (SSSR count). The van der Waals surface area contributed by atoms with Gasteiger partial charge in [0.05, 0.1) is 10.7 Å². The molecule has 2 nitrogen and oxygen atoms in total. The third-order valence-corrected chi connectivity index (χ3v) is 5.81. The van der Waals surface area contributed by atoms with Crippen molar-refractivity contribution in [3.05, 3.63) is 52.0 Å². The van der Waals surface area contributed by atoms with E-state index in [1.165, 1.54) is 53.9 Å². The second-order valence-corrected chi connectivity index (χ2v) is 7.21. The maximum absolute atomic E-state index is 5.85. The van der Waals surface area contributed by atoms with E-state index in [-0.39, 0.29) is 0 Å². The van der Waals surface area contributed by atoms with Crippen LogP contribution in [0.2, 0.25) is 0 Å². The van der Waals surface area contributed by atoms with Gasteiger partial charge in [0.25, 0.3) is 0 Å². The van der Waals surface area contributed by atoms with E-state index in [2.05, 4.69) is 35.7 Å². The van der Waals surface area contributed by atoms with Crippen molar-refractivity contribution < 1.29 is 0 Å². The Morgan fingerprint density at radius 2 is 2.00 bits per heavy atom. The number of nitrogens with zero attached hydrogens (tertiary/aromatic N) is 1. The minimum Gasteiger partial charge on any atom is -0.278 e. The molecule has 0 amide bonds. The summed E-state index contributed by atoms with van der Waals surface area (Å²) in [5.74, 6) is 0.555. The number of hydrogen-bond donors (Lipinski definition) is 1. The van der Waals surface area contributed by atoms with Gasteiger partial charge in [-0.15, -0.1) is 11.3 Å². The Morgan fingerprint density at radius 1 is 1.20 bits per heavy atom. The van der Waals surface area contributed by atoms with Crippen LogP contribution in [0.15, 0.2) is 35.7 Å². The first-order valence-corrected chi connectivity index (χ1v) is 9.03. The lowest BCUT2D eigenvalue weighted by molar-refractivity contribution is 0.449. The van der Waals surface area contributed by atoms with Crippen LogP contribution in [-0.2, 0) is 6.42 Å². The molecule has 4 heteroatoms. The van der Waals surface area contributed by atoms with Crippen LogP contribution in [0.1, 0.15) is 47.9 Å². The highest BCUT2D eigenvalue weighted by Gasteiger charge is 2.28. The summed E-state index contributed by atoms with van der Waals surface area (Å²) in [6.07, 6.45) is 6.04. The molecule has 1 aliphatic carbocycles. The topological polar surface area (TPSA) is 38.9 Å². The van der Waals surface area contributed by atoms with Gasteiger partial charge < -0.3 is 0 Å². The summed E-state index contributed by atoms with van der Waals surface area (Å²) in [5.41, 5.74) is 2.60. The monoisotopic (exact) mass is 304 g/mol. The van der Waals surface area contributed by atoms with Gasteiger partial charge in [0, 0.05) is 23.0 Å². The Hall–Kier alpha value is -0.840.